The zero-order chi connectivity index (χ0) is 14.4. The second-order valence-electron chi connectivity index (χ2n) is 5.41. The lowest BCUT2D eigenvalue weighted by Crippen LogP contribution is -2.31. The van der Waals surface area contributed by atoms with Crippen LogP contribution in [0.5, 0.6) is 0 Å². The van der Waals surface area contributed by atoms with Gasteiger partial charge in [-0.25, -0.2) is 5.84 Å². The molecule has 5 heteroatoms. The molecule has 0 saturated heterocycles. The van der Waals surface area contributed by atoms with Gasteiger partial charge in [-0.3, -0.25) is 20.1 Å². The van der Waals surface area contributed by atoms with Crippen LogP contribution in [0, 0.1) is 5.92 Å². The Labute approximate surface area is 115 Å². The number of nitrogens with zero attached hydrogens (tertiary/aromatic N) is 2. The standard InChI is InChI=1S/C14H24N4O/c1-10(2)7-11(3)18(4)9-13-6-5-12(8-16-13)14(19)17-15/h5-6,8,10-11H,7,9,15H2,1-4H3,(H,17,19). The molecule has 0 aliphatic heterocycles. The molecule has 0 fully saturated rings. The molecule has 5 nitrogen and oxygen atoms in total. The summed E-state index contributed by atoms with van der Waals surface area (Å²) in [6, 6.07) is 4.11. The Bertz CT molecular complexity index is 402. The molecule has 19 heavy (non-hydrogen) atoms. The SMILES string of the molecule is CC(C)CC(C)N(C)Cc1ccc(C(=O)NN)cn1. The van der Waals surface area contributed by atoms with Gasteiger partial charge in [0.05, 0.1) is 11.3 Å². The summed E-state index contributed by atoms with van der Waals surface area (Å²) in [7, 11) is 2.09. The van der Waals surface area contributed by atoms with Crippen molar-refractivity contribution in [3.63, 3.8) is 0 Å². The molecule has 0 bridgehead atoms. The van der Waals surface area contributed by atoms with Crippen LogP contribution in [0.1, 0.15) is 43.2 Å². The minimum atomic E-state index is -0.319. The Hall–Kier alpha value is -1.46. The largest absolute Gasteiger partial charge is 0.298 e. The average molecular weight is 264 g/mol. The molecule has 0 aromatic carbocycles. The van der Waals surface area contributed by atoms with Gasteiger partial charge in [0, 0.05) is 18.8 Å². The molecule has 0 aliphatic rings. The van der Waals surface area contributed by atoms with Gasteiger partial charge in [-0.2, -0.15) is 0 Å². The first-order valence-electron chi connectivity index (χ1n) is 6.60. The van der Waals surface area contributed by atoms with Crippen molar-refractivity contribution in [1.82, 2.24) is 15.3 Å². The normalized spacial score (nSPS) is 12.8. The molecule has 0 saturated carbocycles. The van der Waals surface area contributed by atoms with Crippen molar-refractivity contribution >= 4 is 5.91 Å². The van der Waals surface area contributed by atoms with E-state index < -0.39 is 0 Å². The van der Waals surface area contributed by atoms with Crippen LogP contribution in [0.25, 0.3) is 0 Å². The van der Waals surface area contributed by atoms with E-state index in [0.717, 1.165) is 18.7 Å². The third kappa shape index (κ3) is 4.96. The van der Waals surface area contributed by atoms with Gasteiger partial charge in [0.2, 0.25) is 0 Å². The molecule has 1 aromatic heterocycles. The number of carbonyl (C=O) groups excluding carboxylic acids is 1. The Balaban J connectivity index is 2.60. The summed E-state index contributed by atoms with van der Waals surface area (Å²) in [4.78, 5) is 17.8. The minimum Gasteiger partial charge on any atom is -0.298 e. The molecule has 1 aromatic rings. The molecule has 3 N–H and O–H groups in total. The second kappa shape index (κ2) is 7.21. The smallest absolute Gasteiger partial charge is 0.266 e. The summed E-state index contributed by atoms with van der Waals surface area (Å²) < 4.78 is 0. The van der Waals surface area contributed by atoms with E-state index in [1.165, 1.54) is 0 Å². The van der Waals surface area contributed by atoms with E-state index in [1.54, 1.807) is 12.3 Å². The first-order chi connectivity index (χ1) is 8.93. The van der Waals surface area contributed by atoms with Gasteiger partial charge in [-0.15, -0.1) is 0 Å². The van der Waals surface area contributed by atoms with Crippen molar-refractivity contribution in [3.8, 4) is 0 Å². The lowest BCUT2D eigenvalue weighted by Gasteiger charge is -2.25. The quantitative estimate of drug-likeness (QED) is 0.464. The molecule has 1 unspecified atom stereocenters. The molecule has 0 radical (unpaired) electrons. The lowest BCUT2D eigenvalue weighted by atomic mass is 10.0. The van der Waals surface area contributed by atoms with E-state index in [-0.39, 0.29) is 5.91 Å². The molecular formula is C14H24N4O. The fourth-order valence-corrected chi connectivity index (χ4v) is 2.01. The number of carbonyl (C=O) groups is 1. The van der Waals surface area contributed by atoms with Gasteiger partial charge in [-0.05, 0) is 38.4 Å². The number of aromatic nitrogens is 1. The molecule has 1 rings (SSSR count). The van der Waals surface area contributed by atoms with Crippen LogP contribution in [0.15, 0.2) is 18.3 Å². The molecule has 106 valence electrons. The number of nitrogens with one attached hydrogen (secondary N) is 1. The van der Waals surface area contributed by atoms with Crippen LogP contribution >= 0.6 is 0 Å². The molecule has 1 heterocycles. The number of rotatable bonds is 6. The molecule has 0 spiro atoms. The summed E-state index contributed by atoms with van der Waals surface area (Å²) in [5.41, 5.74) is 3.52. The van der Waals surface area contributed by atoms with Crippen molar-refractivity contribution in [2.75, 3.05) is 7.05 Å². The Kier molecular flexibility index (Phi) is 5.92. The zero-order valence-electron chi connectivity index (χ0n) is 12.2. The van der Waals surface area contributed by atoms with Gasteiger partial charge in [-0.1, -0.05) is 13.8 Å². The van der Waals surface area contributed by atoms with Crippen molar-refractivity contribution in [1.29, 1.82) is 0 Å². The Morgan fingerprint density at radius 1 is 1.42 bits per heavy atom. The highest BCUT2D eigenvalue weighted by Crippen LogP contribution is 2.12. The van der Waals surface area contributed by atoms with E-state index in [4.69, 9.17) is 5.84 Å². The van der Waals surface area contributed by atoms with Crippen LogP contribution in [-0.4, -0.2) is 28.9 Å². The van der Waals surface area contributed by atoms with Gasteiger partial charge in [0.25, 0.3) is 5.91 Å². The van der Waals surface area contributed by atoms with Crippen molar-refractivity contribution in [3.05, 3.63) is 29.6 Å². The van der Waals surface area contributed by atoms with Crippen molar-refractivity contribution in [2.45, 2.75) is 39.8 Å². The maximum Gasteiger partial charge on any atom is 0.266 e. The Morgan fingerprint density at radius 2 is 2.11 bits per heavy atom. The zero-order valence-corrected chi connectivity index (χ0v) is 12.2. The number of pyridine rings is 1. The van der Waals surface area contributed by atoms with Crippen molar-refractivity contribution < 1.29 is 4.79 Å². The average Bonchev–Trinajstić information content (AvgIpc) is 2.37. The third-order valence-corrected chi connectivity index (χ3v) is 3.19. The summed E-state index contributed by atoms with van der Waals surface area (Å²) >= 11 is 0. The third-order valence-electron chi connectivity index (χ3n) is 3.19. The van der Waals surface area contributed by atoms with E-state index in [2.05, 4.69) is 43.1 Å². The van der Waals surface area contributed by atoms with E-state index >= 15 is 0 Å². The van der Waals surface area contributed by atoms with E-state index in [1.807, 2.05) is 6.07 Å². The number of hydrazine groups is 1. The maximum absolute atomic E-state index is 11.3. The predicted molar refractivity (Wildman–Crippen MR) is 76.3 cm³/mol. The van der Waals surface area contributed by atoms with Crippen molar-refractivity contribution in [2.24, 2.45) is 11.8 Å². The van der Waals surface area contributed by atoms with Crippen LogP contribution in [-0.2, 0) is 6.54 Å². The second-order valence-corrected chi connectivity index (χ2v) is 5.41. The summed E-state index contributed by atoms with van der Waals surface area (Å²) in [5, 5.41) is 0. The van der Waals surface area contributed by atoms with Crippen LogP contribution in [0.2, 0.25) is 0 Å². The van der Waals surface area contributed by atoms with Gasteiger partial charge in [0.1, 0.15) is 0 Å². The van der Waals surface area contributed by atoms with Gasteiger partial charge < -0.3 is 0 Å². The monoisotopic (exact) mass is 264 g/mol. The lowest BCUT2D eigenvalue weighted by molar-refractivity contribution is 0.0953. The van der Waals surface area contributed by atoms with Gasteiger partial charge in [0.15, 0.2) is 0 Å². The number of hydrogen-bond donors (Lipinski definition) is 2. The number of nitrogen functional groups attached to an aromatic ring is 1. The molecular weight excluding hydrogens is 240 g/mol. The van der Waals surface area contributed by atoms with E-state index in [0.29, 0.717) is 17.5 Å². The first-order valence-corrected chi connectivity index (χ1v) is 6.60. The summed E-state index contributed by atoms with van der Waals surface area (Å²) in [6.45, 7) is 7.44. The number of nitrogens with two attached hydrogens (primary N) is 1. The van der Waals surface area contributed by atoms with Crippen LogP contribution in [0.3, 0.4) is 0 Å². The number of amides is 1. The maximum atomic E-state index is 11.3. The highest BCUT2D eigenvalue weighted by molar-refractivity contribution is 5.93. The van der Waals surface area contributed by atoms with Gasteiger partial charge >= 0.3 is 0 Å². The first kappa shape index (κ1) is 15.6. The Morgan fingerprint density at radius 3 is 2.58 bits per heavy atom. The number of hydrogen-bond acceptors (Lipinski definition) is 4. The fourth-order valence-electron chi connectivity index (χ4n) is 2.01. The van der Waals surface area contributed by atoms with Crippen LogP contribution < -0.4 is 11.3 Å². The summed E-state index contributed by atoms with van der Waals surface area (Å²) in [6.07, 6.45) is 2.71. The topological polar surface area (TPSA) is 71.2 Å². The summed E-state index contributed by atoms with van der Waals surface area (Å²) in [5.74, 6) is 5.44. The highest BCUT2D eigenvalue weighted by atomic mass is 16.2. The molecule has 1 atom stereocenters. The van der Waals surface area contributed by atoms with E-state index in [9.17, 15) is 4.79 Å². The molecule has 0 aliphatic carbocycles. The molecule has 1 amide bonds. The minimum absolute atomic E-state index is 0.319. The fraction of sp³-hybridized carbons (Fsp3) is 0.571. The highest BCUT2D eigenvalue weighted by Gasteiger charge is 2.12. The van der Waals surface area contributed by atoms with Crippen LogP contribution in [0.4, 0.5) is 0 Å². The predicted octanol–water partition coefficient (Wildman–Crippen LogP) is 1.55.